The number of ether oxygens (including phenoxy) is 2. The summed E-state index contributed by atoms with van der Waals surface area (Å²) in [4.78, 5) is 27.2. The number of fused-ring (bicyclic) bond motifs is 1. The number of methoxy groups -OCH3 is 1. The number of pyridine rings is 1. The van der Waals surface area contributed by atoms with E-state index < -0.39 is 0 Å². The van der Waals surface area contributed by atoms with Gasteiger partial charge in [-0.2, -0.15) is 5.10 Å². The van der Waals surface area contributed by atoms with E-state index >= 15 is 0 Å². The maximum absolute atomic E-state index is 12.2. The van der Waals surface area contributed by atoms with Crippen molar-refractivity contribution in [2.75, 3.05) is 19.4 Å². The summed E-state index contributed by atoms with van der Waals surface area (Å²) in [5.74, 6) is 1.89. The number of nitrogens with zero attached hydrogens (tertiary/aromatic N) is 7. The number of anilines is 1. The van der Waals surface area contributed by atoms with Crippen LogP contribution in [-0.2, 0) is 11.8 Å². The molecule has 2 atom stereocenters. The van der Waals surface area contributed by atoms with E-state index in [2.05, 4.69) is 34.7 Å². The first-order chi connectivity index (χ1) is 20.4. The molecule has 2 N–H and O–H groups in total. The first kappa shape index (κ1) is 27.0. The summed E-state index contributed by atoms with van der Waals surface area (Å²) < 4.78 is 15.7. The second-order valence-corrected chi connectivity index (χ2v) is 10.3. The molecule has 1 saturated heterocycles. The molecule has 11 heteroatoms. The lowest BCUT2D eigenvalue weighted by molar-refractivity contribution is -0.129. The average molecular weight is 565 g/mol. The molecule has 5 aromatic rings. The van der Waals surface area contributed by atoms with Gasteiger partial charge in [0.05, 0.1) is 30.4 Å². The Morgan fingerprint density at radius 2 is 2.00 bits per heavy atom. The van der Waals surface area contributed by atoms with E-state index in [0.717, 1.165) is 40.6 Å². The molecule has 2 unspecified atom stereocenters. The van der Waals surface area contributed by atoms with Crippen LogP contribution in [0.1, 0.15) is 25.8 Å². The normalized spacial score (nSPS) is 16.9. The van der Waals surface area contributed by atoms with Crippen molar-refractivity contribution in [3.8, 4) is 39.8 Å². The zero-order valence-electron chi connectivity index (χ0n) is 23.8. The highest BCUT2D eigenvalue weighted by Crippen LogP contribution is 2.44. The number of aromatic nitrogens is 6. The van der Waals surface area contributed by atoms with Gasteiger partial charge in [0.2, 0.25) is 11.8 Å². The Balaban J connectivity index is 1.41. The SMILES string of the molecule is C=CC(=O)N1CCC(n2cc(-c3c(-c4ccc(Oc5ccccn5)c(OC)c4)c4c(N)ncnc4n3C)cn2)CC1C. The van der Waals surface area contributed by atoms with Crippen molar-refractivity contribution >= 4 is 22.8 Å². The number of likely N-dealkylation sites (tertiary alicyclic amines) is 1. The number of piperidine rings is 1. The molecule has 6 rings (SSSR count). The van der Waals surface area contributed by atoms with Gasteiger partial charge in [0, 0.05) is 49.2 Å². The molecule has 214 valence electrons. The highest BCUT2D eigenvalue weighted by Gasteiger charge is 2.30. The largest absolute Gasteiger partial charge is 0.493 e. The number of amides is 1. The number of hydrogen-bond acceptors (Lipinski definition) is 8. The van der Waals surface area contributed by atoms with Crippen LogP contribution in [-0.4, -0.2) is 59.8 Å². The fourth-order valence-corrected chi connectivity index (χ4v) is 5.81. The number of carbonyl (C=O) groups is 1. The van der Waals surface area contributed by atoms with Crippen LogP contribution in [0.15, 0.2) is 74.0 Å². The third kappa shape index (κ3) is 4.72. The number of benzene rings is 1. The molecule has 0 saturated carbocycles. The van der Waals surface area contributed by atoms with Gasteiger partial charge in [0.1, 0.15) is 17.8 Å². The third-order valence-electron chi connectivity index (χ3n) is 7.86. The fraction of sp³-hybridized carbons (Fsp3) is 0.258. The molecule has 1 aliphatic heterocycles. The Morgan fingerprint density at radius 3 is 2.74 bits per heavy atom. The minimum Gasteiger partial charge on any atom is -0.493 e. The van der Waals surface area contributed by atoms with Crippen molar-refractivity contribution in [3.05, 3.63) is 74.0 Å². The summed E-state index contributed by atoms with van der Waals surface area (Å²) in [6, 6.07) is 11.5. The standard InChI is InChI=1S/C31H32N8O3/c1-5-26(40)38-13-11-22(14-19(38)2)39-17-21(16-36-39)29-27(28-30(32)34-18-35-31(28)37(29)3)20-9-10-23(24(15-20)41-4)42-25-8-6-7-12-33-25/h5-10,12,15-19,22H,1,11,13-14H2,2-4H3,(H2,32,34,35). The first-order valence-corrected chi connectivity index (χ1v) is 13.7. The van der Waals surface area contributed by atoms with Crippen molar-refractivity contribution in [2.45, 2.75) is 31.8 Å². The van der Waals surface area contributed by atoms with Gasteiger partial charge >= 0.3 is 0 Å². The molecule has 4 aromatic heterocycles. The number of hydrogen-bond donors (Lipinski definition) is 1. The van der Waals surface area contributed by atoms with E-state index in [1.807, 2.05) is 57.7 Å². The van der Waals surface area contributed by atoms with Crippen LogP contribution in [0.3, 0.4) is 0 Å². The van der Waals surface area contributed by atoms with Crippen molar-refractivity contribution in [1.29, 1.82) is 0 Å². The smallest absolute Gasteiger partial charge is 0.246 e. The molecule has 1 aliphatic rings. The molecule has 1 aromatic carbocycles. The predicted octanol–water partition coefficient (Wildman–Crippen LogP) is 5.01. The fourth-order valence-electron chi connectivity index (χ4n) is 5.81. The van der Waals surface area contributed by atoms with E-state index in [1.54, 1.807) is 19.4 Å². The van der Waals surface area contributed by atoms with Gasteiger partial charge in [-0.3, -0.25) is 9.48 Å². The van der Waals surface area contributed by atoms with E-state index in [4.69, 9.17) is 20.3 Å². The number of carbonyl (C=O) groups excluding carboxylic acids is 1. The number of nitrogen functional groups attached to an aromatic ring is 1. The van der Waals surface area contributed by atoms with Crippen LogP contribution >= 0.6 is 0 Å². The molecule has 1 fully saturated rings. The van der Waals surface area contributed by atoms with Crippen molar-refractivity contribution in [1.82, 2.24) is 34.2 Å². The first-order valence-electron chi connectivity index (χ1n) is 13.7. The summed E-state index contributed by atoms with van der Waals surface area (Å²) in [5, 5.41) is 5.51. The molecule has 0 aliphatic carbocycles. The molecule has 0 spiro atoms. The molecule has 11 nitrogen and oxygen atoms in total. The zero-order chi connectivity index (χ0) is 29.4. The number of aryl methyl sites for hydroxylation is 1. The lowest BCUT2D eigenvalue weighted by Gasteiger charge is -2.37. The summed E-state index contributed by atoms with van der Waals surface area (Å²) in [6.07, 6.45) is 10.1. The molecule has 0 bridgehead atoms. The summed E-state index contributed by atoms with van der Waals surface area (Å²) >= 11 is 0. The van der Waals surface area contributed by atoms with Crippen molar-refractivity contribution in [3.63, 3.8) is 0 Å². The van der Waals surface area contributed by atoms with Gasteiger partial charge in [0.25, 0.3) is 0 Å². The second-order valence-electron chi connectivity index (χ2n) is 10.3. The van der Waals surface area contributed by atoms with Gasteiger partial charge in [-0.05, 0) is 49.6 Å². The molecule has 1 amide bonds. The van der Waals surface area contributed by atoms with Gasteiger partial charge < -0.3 is 24.7 Å². The number of rotatable bonds is 7. The number of nitrogens with two attached hydrogens (primary N) is 1. The topological polar surface area (TPSA) is 126 Å². The quantitative estimate of drug-likeness (QED) is 0.273. The third-order valence-corrected chi connectivity index (χ3v) is 7.86. The summed E-state index contributed by atoms with van der Waals surface area (Å²) in [5.41, 5.74) is 10.7. The van der Waals surface area contributed by atoms with Crippen molar-refractivity contribution < 1.29 is 14.3 Å². The van der Waals surface area contributed by atoms with Crippen LogP contribution in [0.4, 0.5) is 5.82 Å². The van der Waals surface area contributed by atoms with Gasteiger partial charge in [0.15, 0.2) is 11.5 Å². The predicted molar refractivity (Wildman–Crippen MR) is 160 cm³/mol. The molecular formula is C31H32N8O3. The van der Waals surface area contributed by atoms with E-state index in [1.165, 1.54) is 12.4 Å². The molecule has 5 heterocycles. The van der Waals surface area contributed by atoms with Gasteiger partial charge in [-0.25, -0.2) is 15.0 Å². The summed E-state index contributed by atoms with van der Waals surface area (Å²) in [7, 11) is 3.56. The maximum Gasteiger partial charge on any atom is 0.246 e. The van der Waals surface area contributed by atoms with Gasteiger partial charge in [-0.15, -0.1) is 0 Å². The Bertz CT molecular complexity index is 1780. The maximum atomic E-state index is 12.2. The van der Waals surface area contributed by atoms with E-state index in [-0.39, 0.29) is 18.0 Å². The lowest BCUT2D eigenvalue weighted by atomic mass is 9.98. The Labute approximate surface area is 243 Å². The van der Waals surface area contributed by atoms with Crippen LogP contribution in [0.2, 0.25) is 0 Å². The average Bonchev–Trinajstić information content (AvgIpc) is 3.61. The lowest BCUT2D eigenvalue weighted by Crippen LogP contribution is -2.44. The Hall–Kier alpha value is -5.19. The minimum atomic E-state index is -0.0344. The monoisotopic (exact) mass is 564 g/mol. The molecular weight excluding hydrogens is 532 g/mol. The van der Waals surface area contributed by atoms with Gasteiger partial charge in [-0.1, -0.05) is 18.7 Å². The minimum absolute atomic E-state index is 0.0344. The van der Waals surface area contributed by atoms with Crippen LogP contribution in [0, 0.1) is 0 Å². The summed E-state index contributed by atoms with van der Waals surface area (Å²) in [6.45, 7) is 6.36. The Morgan fingerprint density at radius 1 is 1.14 bits per heavy atom. The highest BCUT2D eigenvalue weighted by molar-refractivity contribution is 6.07. The highest BCUT2D eigenvalue weighted by atomic mass is 16.5. The Kier molecular flexibility index (Phi) is 7.07. The van der Waals surface area contributed by atoms with E-state index in [0.29, 0.717) is 35.4 Å². The van der Waals surface area contributed by atoms with Crippen molar-refractivity contribution in [2.24, 2.45) is 7.05 Å². The van der Waals surface area contributed by atoms with Crippen LogP contribution in [0.5, 0.6) is 17.4 Å². The van der Waals surface area contributed by atoms with Crippen LogP contribution < -0.4 is 15.2 Å². The van der Waals surface area contributed by atoms with E-state index in [9.17, 15) is 4.79 Å². The zero-order valence-corrected chi connectivity index (χ0v) is 23.8. The molecule has 0 radical (unpaired) electrons. The van der Waals surface area contributed by atoms with Crippen LogP contribution in [0.25, 0.3) is 33.4 Å². The molecule has 42 heavy (non-hydrogen) atoms. The second kappa shape index (κ2) is 11.0.